The van der Waals surface area contributed by atoms with Gasteiger partial charge in [0, 0.05) is 17.5 Å². The lowest BCUT2D eigenvalue weighted by molar-refractivity contribution is -0.119. The summed E-state index contributed by atoms with van der Waals surface area (Å²) in [6, 6.07) is 11.5. The van der Waals surface area contributed by atoms with Crippen LogP contribution in [0.4, 0.5) is 5.13 Å². The number of carbonyl (C=O) groups excluding carboxylic acids is 1. The number of ether oxygens (including phenoxy) is 2. The van der Waals surface area contributed by atoms with E-state index in [1.807, 2.05) is 30.5 Å². The van der Waals surface area contributed by atoms with Gasteiger partial charge in [0.15, 0.2) is 16.6 Å². The second-order valence-corrected chi connectivity index (χ2v) is 10.7. The van der Waals surface area contributed by atoms with Crippen LogP contribution in [0.15, 0.2) is 52.7 Å². The number of nitrogens with zero attached hydrogens (tertiary/aromatic N) is 2. The quantitative estimate of drug-likeness (QED) is 0.592. The first-order chi connectivity index (χ1) is 15.9. The predicted molar refractivity (Wildman–Crippen MR) is 125 cm³/mol. The van der Waals surface area contributed by atoms with E-state index in [2.05, 4.69) is 10.3 Å². The minimum Gasteiger partial charge on any atom is -0.486 e. The molecule has 1 saturated heterocycles. The van der Waals surface area contributed by atoms with Crippen LogP contribution in [-0.4, -0.2) is 49.4 Å². The highest BCUT2D eigenvalue weighted by Crippen LogP contribution is 2.35. The van der Waals surface area contributed by atoms with Gasteiger partial charge in [-0.05, 0) is 50.1 Å². The number of aryl methyl sites for hydroxylation is 1. The van der Waals surface area contributed by atoms with Crippen molar-refractivity contribution in [2.24, 2.45) is 0 Å². The molecule has 0 aliphatic carbocycles. The molecule has 0 saturated carbocycles. The highest BCUT2D eigenvalue weighted by Gasteiger charge is 2.39. The molecule has 3 aromatic rings. The number of carbonyl (C=O) groups is 1. The van der Waals surface area contributed by atoms with Crippen molar-refractivity contribution in [3.05, 3.63) is 53.4 Å². The third-order valence-corrected chi connectivity index (χ3v) is 8.39. The Balaban J connectivity index is 1.31. The lowest BCUT2D eigenvalue weighted by atomic mass is 10.1. The minimum atomic E-state index is -3.76. The van der Waals surface area contributed by atoms with Crippen LogP contribution in [0.3, 0.4) is 0 Å². The van der Waals surface area contributed by atoms with Gasteiger partial charge < -0.3 is 14.8 Å². The van der Waals surface area contributed by atoms with Gasteiger partial charge >= 0.3 is 0 Å². The van der Waals surface area contributed by atoms with Crippen molar-refractivity contribution < 1.29 is 22.7 Å². The van der Waals surface area contributed by atoms with Gasteiger partial charge in [-0.1, -0.05) is 17.7 Å². The summed E-state index contributed by atoms with van der Waals surface area (Å²) in [6.07, 6.45) is 1.10. The fourth-order valence-electron chi connectivity index (χ4n) is 3.99. The van der Waals surface area contributed by atoms with Crippen LogP contribution in [-0.2, 0) is 14.8 Å². The van der Waals surface area contributed by atoms with E-state index in [0.29, 0.717) is 54.9 Å². The van der Waals surface area contributed by atoms with Crippen LogP contribution >= 0.6 is 11.3 Å². The first-order valence-electron chi connectivity index (χ1n) is 10.7. The molecule has 3 heterocycles. The minimum absolute atomic E-state index is 0.197. The zero-order valence-electron chi connectivity index (χ0n) is 18.0. The molecular formula is C23H23N3O5S2. The Morgan fingerprint density at radius 3 is 2.67 bits per heavy atom. The normalized spacial score (nSPS) is 18.3. The molecular weight excluding hydrogens is 462 g/mol. The Kier molecular flexibility index (Phi) is 5.81. The summed E-state index contributed by atoms with van der Waals surface area (Å²) in [5, 5.41) is 5.07. The smallest absolute Gasteiger partial charge is 0.244 e. The van der Waals surface area contributed by atoms with Gasteiger partial charge in [0.2, 0.25) is 15.9 Å². The summed E-state index contributed by atoms with van der Waals surface area (Å²) in [7, 11) is -3.76. The zero-order chi connectivity index (χ0) is 23.0. The number of hydrogen-bond donors (Lipinski definition) is 1. The molecule has 2 aliphatic heterocycles. The van der Waals surface area contributed by atoms with E-state index in [9.17, 15) is 13.2 Å². The largest absolute Gasteiger partial charge is 0.486 e. The number of benzene rings is 2. The zero-order valence-corrected chi connectivity index (χ0v) is 19.6. The second kappa shape index (κ2) is 8.77. The summed E-state index contributed by atoms with van der Waals surface area (Å²) in [5.41, 5.74) is 2.52. The Labute approximate surface area is 196 Å². The number of fused-ring (bicyclic) bond motifs is 1. The molecule has 1 unspecified atom stereocenters. The van der Waals surface area contributed by atoms with Crippen molar-refractivity contribution in [1.82, 2.24) is 9.29 Å². The number of sulfonamides is 1. The number of nitrogens with one attached hydrogen (secondary N) is 1. The maximum atomic E-state index is 13.1. The van der Waals surface area contributed by atoms with Gasteiger partial charge in [-0.2, -0.15) is 4.31 Å². The van der Waals surface area contributed by atoms with E-state index in [-0.39, 0.29) is 10.8 Å². The van der Waals surface area contributed by atoms with Gasteiger partial charge in [0.05, 0.1) is 10.6 Å². The number of rotatable bonds is 5. The van der Waals surface area contributed by atoms with E-state index in [1.165, 1.54) is 15.6 Å². The van der Waals surface area contributed by atoms with Crippen molar-refractivity contribution in [1.29, 1.82) is 0 Å². The fraction of sp³-hybridized carbons (Fsp3) is 0.304. The maximum absolute atomic E-state index is 13.1. The Hall–Kier alpha value is -2.95. The van der Waals surface area contributed by atoms with Crippen molar-refractivity contribution in [2.75, 3.05) is 25.1 Å². The Morgan fingerprint density at radius 2 is 1.88 bits per heavy atom. The molecule has 5 rings (SSSR count). The molecule has 1 aromatic heterocycles. The predicted octanol–water partition coefficient (Wildman–Crippen LogP) is 3.68. The molecule has 0 radical (unpaired) electrons. The molecule has 2 aromatic carbocycles. The standard InChI is InChI=1S/C23H23N3O5S2/c1-15-4-7-17(8-5-15)33(28,29)26-10-2-3-19(26)22(27)25-23-24-18(14-32-23)16-6-9-20-21(13-16)31-12-11-30-20/h4-9,13-14,19H,2-3,10-12H2,1H3,(H,24,25,27). The third-order valence-electron chi connectivity index (χ3n) is 5.71. The molecule has 0 spiro atoms. The number of aromatic nitrogens is 1. The lowest BCUT2D eigenvalue weighted by Gasteiger charge is -2.23. The summed E-state index contributed by atoms with van der Waals surface area (Å²) >= 11 is 1.29. The van der Waals surface area contributed by atoms with Gasteiger partial charge in [0.25, 0.3) is 0 Å². The van der Waals surface area contributed by atoms with Gasteiger partial charge in [-0.15, -0.1) is 11.3 Å². The van der Waals surface area contributed by atoms with Gasteiger partial charge in [-0.3, -0.25) is 4.79 Å². The van der Waals surface area contributed by atoms with Crippen LogP contribution in [0, 0.1) is 6.92 Å². The van der Waals surface area contributed by atoms with Crippen molar-refractivity contribution in [2.45, 2.75) is 30.7 Å². The molecule has 8 nitrogen and oxygen atoms in total. The summed E-state index contributed by atoms with van der Waals surface area (Å²) in [6.45, 7) is 3.24. The molecule has 2 aliphatic rings. The molecule has 1 fully saturated rings. The van der Waals surface area contributed by atoms with Crippen LogP contribution in [0.5, 0.6) is 11.5 Å². The number of hydrogen-bond acceptors (Lipinski definition) is 7. The number of thiazole rings is 1. The van der Waals surface area contributed by atoms with Gasteiger partial charge in [-0.25, -0.2) is 13.4 Å². The van der Waals surface area contributed by atoms with E-state index in [4.69, 9.17) is 9.47 Å². The Bertz CT molecular complexity index is 1290. The molecule has 1 amide bonds. The number of anilines is 1. The summed E-state index contributed by atoms with van der Waals surface area (Å²) < 4.78 is 38.7. The van der Waals surface area contributed by atoms with Crippen molar-refractivity contribution >= 4 is 32.4 Å². The summed E-state index contributed by atoms with van der Waals surface area (Å²) in [5.74, 6) is 0.997. The van der Waals surface area contributed by atoms with Crippen LogP contribution in [0.1, 0.15) is 18.4 Å². The highest BCUT2D eigenvalue weighted by molar-refractivity contribution is 7.89. The number of amides is 1. The average Bonchev–Trinajstić information content (AvgIpc) is 3.49. The first-order valence-corrected chi connectivity index (χ1v) is 13.0. The molecule has 10 heteroatoms. The van der Waals surface area contributed by atoms with E-state index in [0.717, 1.165) is 11.1 Å². The van der Waals surface area contributed by atoms with E-state index >= 15 is 0 Å². The highest BCUT2D eigenvalue weighted by atomic mass is 32.2. The van der Waals surface area contributed by atoms with Crippen LogP contribution in [0.25, 0.3) is 11.3 Å². The Morgan fingerprint density at radius 1 is 1.12 bits per heavy atom. The molecule has 172 valence electrons. The average molecular weight is 486 g/mol. The topological polar surface area (TPSA) is 97.8 Å². The van der Waals surface area contributed by atoms with Crippen molar-refractivity contribution in [3.63, 3.8) is 0 Å². The van der Waals surface area contributed by atoms with Crippen LogP contribution < -0.4 is 14.8 Å². The SMILES string of the molecule is Cc1ccc(S(=O)(=O)N2CCCC2C(=O)Nc2nc(-c3ccc4c(c3)OCCO4)cs2)cc1. The van der Waals surface area contributed by atoms with Crippen molar-refractivity contribution in [3.8, 4) is 22.8 Å². The molecule has 1 N–H and O–H groups in total. The molecule has 33 heavy (non-hydrogen) atoms. The maximum Gasteiger partial charge on any atom is 0.244 e. The molecule has 1 atom stereocenters. The fourth-order valence-corrected chi connectivity index (χ4v) is 6.37. The van der Waals surface area contributed by atoms with Crippen LogP contribution in [0.2, 0.25) is 0 Å². The third kappa shape index (κ3) is 4.33. The first kappa shape index (κ1) is 21.9. The van der Waals surface area contributed by atoms with E-state index < -0.39 is 16.1 Å². The lowest BCUT2D eigenvalue weighted by Crippen LogP contribution is -2.43. The van der Waals surface area contributed by atoms with E-state index in [1.54, 1.807) is 24.3 Å². The second-order valence-electron chi connectivity index (χ2n) is 7.97. The molecule has 0 bridgehead atoms. The summed E-state index contributed by atoms with van der Waals surface area (Å²) in [4.78, 5) is 17.7. The monoisotopic (exact) mass is 485 g/mol. The van der Waals surface area contributed by atoms with Gasteiger partial charge in [0.1, 0.15) is 19.3 Å².